The van der Waals surface area contributed by atoms with Crippen molar-refractivity contribution >= 4 is 6.03 Å². The van der Waals surface area contributed by atoms with E-state index in [-0.39, 0.29) is 6.03 Å². The number of hydrogen-bond acceptors (Lipinski definition) is 2. The monoisotopic (exact) mass is 295 g/mol. The Bertz CT molecular complexity index is 313. The van der Waals surface area contributed by atoms with Crippen molar-refractivity contribution in [2.45, 2.75) is 63.8 Å². The number of carbonyl (C=O) groups is 1. The predicted octanol–water partition coefficient (Wildman–Crippen LogP) is 2.99. The molecule has 2 aliphatic carbocycles. The normalized spacial score (nSPS) is 27.3. The zero-order valence-corrected chi connectivity index (χ0v) is 13.9. The molecular weight excluding hydrogens is 262 g/mol. The summed E-state index contributed by atoms with van der Waals surface area (Å²) in [7, 11) is 3.56. The molecule has 0 saturated heterocycles. The second kappa shape index (κ2) is 8.62. The Labute approximate surface area is 130 Å². The summed E-state index contributed by atoms with van der Waals surface area (Å²) >= 11 is 0. The highest BCUT2D eigenvalue weighted by Gasteiger charge is 2.31. The number of nitrogens with zero attached hydrogens (tertiary/aromatic N) is 1. The lowest BCUT2D eigenvalue weighted by Gasteiger charge is -2.39. The highest BCUT2D eigenvalue weighted by atomic mass is 16.2. The van der Waals surface area contributed by atoms with E-state index in [9.17, 15) is 4.79 Å². The summed E-state index contributed by atoms with van der Waals surface area (Å²) in [6.45, 7) is 1.62. The molecule has 2 aliphatic rings. The van der Waals surface area contributed by atoms with Crippen molar-refractivity contribution in [1.29, 1.82) is 0 Å². The van der Waals surface area contributed by atoms with Gasteiger partial charge in [-0.3, -0.25) is 0 Å². The van der Waals surface area contributed by atoms with Crippen molar-refractivity contribution in [3.05, 3.63) is 0 Å². The first-order valence-corrected chi connectivity index (χ1v) is 8.87. The summed E-state index contributed by atoms with van der Waals surface area (Å²) in [5.41, 5.74) is 0. The average molecular weight is 295 g/mol. The van der Waals surface area contributed by atoms with E-state index < -0.39 is 0 Å². The second-order valence-electron chi connectivity index (χ2n) is 7.03. The van der Waals surface area contributed by atoms with Gasteiger partial charge in [-0.1, -0.05) is 44.9 Å². The van der Waals surface area contributed by atoms with Crippen molar-refractivity contribution in [3.63, 3.8) is 0 Å². The molecule has 0 aliphatic heterocycles. The first-order valence-electron chi connectivity index (χ1n) is 8.87. The van der Waals surface area contributed by atoms with Gasteiger partial charge in [0.15, 0.2) is 0 Å². The minimum Gasteiger partial charge on any atom is -0.337 e. The molecule has 0 bridgehead atoms. The van der Waals surface area contributed by atoms with Crippen LogP contribution in [-0.2, 0) is 0 Å². The topological polar surface area (TPSA) is 44.4 Å². The summed E-state index contributed by atoms with van der Waals surface area (Å²) in [6.07, 6.45) is 12.7. The van der Waals surface area contributed by atoms with Crippen LogP contribution in [0.1, 0.15) is 57.8 Å². The van der Waals surface area contributed by atoms with Gasteiger partial charge in [-0.05, 0) is 24.7 Å². The fourth-order valence-corrected chi connectivity index (χ4v) is 4.12. The maximum atomic E-state index is 11.5. The highest BCUT2D eigenvalue weighted by Crippen LogP contribution is 2.38. The van der Waals surface area contributed by atoms with Gasteiger partial charge in [-0.2, -0.15) is 0 Å². The molecule has 4 heteroatoms. The number of urea groups is 1. The van der Waals surface area contributed by atoms with Crippen molar-refractivity contribution < 1.29 is 4.79 Å². The molecule has 4 nitrogen and oxygen atoms in total. The molecule has 2 rings (SSSR count). The lowest BCUT2D eigenvalue weighted by atomic mass is 9.71. The van der Waals surface area contributed by atoms with Crippen molar-refractivity contribution in [3.8, 4) is 0 Å². The molecule has 2 atom stereocenters. The standard InChI is InChI=1S/C17H33N3O/c1-20(2)17(21)19-13-12-18-16-11-7-6-10-15(16)14-8-4-3-5-9-14/h14-16,18H,3-13H2,1-2H3,(H,19,21). The van der Waals surface area contributed by atoms with E-state index in [1.807, 2.05) is 0 Å². The van der Waals surface area contributed by atoms with Gasteiger partial charge in [0.25, 0.3) is 0 Å². The summed E-state index contributed by atoms with van der Waals surface area (Å²) in [6, 6.07) is 0.683. The SMILES string of the molecule is CN(C)C(=O)NCCNC1CCCCC1C1CCCCC1. The van der Waals surface area contributed by atoms with Gasteiger partial charge in [0.05, 0.1) is 0 Å². The third-order valence-corrected chi connectivity index (χ3v) is 5.29. The highest BCUT2D eigenvalue weighted by molar-refractivity contribution is 5.73. The molecular formula is C17H33N3O. The van der Waals surface area contributed by atoms with Crippen LogP contribution in [0.25, 0.3) is 0 Å². The van der Waals surface area contributed by atoms with E-state index in [4.69, 9.17) is 0 Å². The molecule has 0 radical (unpaired) electrons. The zero-order valence-electron chi connectivity index (χ0n) is 13.9. The Morgan fingerprint density at radius 2 is 1.62 bits per heavy atom. The van der Waals surface area contributed by atoms with Crippen LogP contribution in [0.3, 0.4) is 0 Å². The number of hydrogen-bond donors (Lipinski definition) is 2. The predicted molar refractivity (Wildman–Crippen MR) is 87.4 cm³/mol. The molecule has 2 N–H and O–H groups in total. The molecule has 0 aromatic rings. The van der Waals surface area contributed by atoms with Gasteiger partial charge >= 0.3 is 6.03 Å². The third kappa shape index (κ3) is 5.17. The molecule has 0 spiro atoms. The number of carbonyl (C=O) groups excluding carboxylic acids is 1. The van der Waals surface area contributed by atoms with Crippen LogP contribution in [0.5, 0.6) is 0 Å². The van der Waals surface area contributed by atoms with E-state index in [1.165, 1.54) is 57.8 Å². The molecule has 2 unspecified atom stereocenters. The summed E-state index contributed by atoms with van der Waals surface area (Å²) < 4.78 is 0. The van der Waals surface area contributed by atoms with Gasteiger partial charge in [-0.15, -0.1) is 0 Å². The quantitative estimate of drug-likeness (QED) is 0.766. The van der Waals surface area contributed by atoms with Crippen LogP contribution in [0.15, 0.2) is 0 Å². The van der Waals surface area contributed by atoms with Crippen molar-refractivity contribution in [2.75, 3.05) is 27.2 Å². The Morgan fingerprint density at radius 1 is 0.952 bits per heavy atom. The van der Waals surface area contributed by atoms with Crippen LogP contribution in [-0.4, -0.2) is 44.2 Å². The van der Waals surface area contributed by atoms with E-state index in [0.29, 0.717) is 6.04 Å². The Balaban J connectivity index is 1.72. The van der Waals surface area contributed by atoms with Crippen molar-refractivity contribution in [2.24, 2.45) is 11.8 Å². The molecule has 122 valence electrons. The third-order valence-electron chi connectivity index (χ3n) is 5.29. The van der Waals surface area contributed by atoms with Crippen LogP contribution < -0.4 is 10.6 Å². The summed E-state index contributed by atoms with van der Waals surface area (Å²) in [4.78, 5) is 13.1. The lowest BCUT2D eigenvalue weighted by molar-refractivity contribution is 0.150. The van der Waals surface area contributed by atoms with Gasteiger partial charge < -0.3 is 15.5 Å². The minimum absolute atomic E-state index is 0.00396. The zero-order chi connectivity index (χ0) is 15.1. The fourth-order valence-electron chi connectivity index (χ4n) is 4.12. The largest absolute Gasteiger partial charge is 0.337 e. The van der Waals surface area contributed by atoms with E-state index >= 15 is 0 Å². The Morgan fingerprint density at radius 3 is 2.33 bits per heavy atom. The second-order valence-corrected chi connectivity index (χ2v) is 7.03. The number of rotatable bonds is 5. The average Bonchev–Trinajstić information content (AvgIpc) is 2.52. The van der Waals surface area contributed by atoms with Crippen LogP contribution in [0.4, 0.5) is 4.79 Å². The smallest absolute Gasteiger partial charge is 0.316 e. The summed E-state index contributed by atoms with van der Waals surface area (Å²) in [5.74, 6) is 1.83. The summed E-state index contributed by atoms with van der Waals surface area (Å²) in [5, 5.41) is 6.67. The molecule has 0 aromatic carbocycles. The first-order chi connectivity index (χ1) is 10.2. The van der Waals surface area contributed by atoms with Crippen LogP contribution in [0.2, 0.25) is 0 Å². The minimum atomic E-state index is 0.00396. The number of nitrogens with one attached hydrogen (secondary N) is 2. The van der Waals surface area contributed by atoms with Crippen LogP contribution >= 0.6 is 0 Å². The molecule has 0 aromatic heterocycles. The van der Waals surface area contributed by atoms with Gasteiger partial charge in [-0.25, -0.2) is 4.79 Å². The van der Waals surface area contributed by atoms with E-state index in [0.717, 1.165) is 24.9 Å². The van der Waals surface area contributed by atoms with Crippen molar-refractivity contribution in [1.82, 2.24) is 15.5 Å². The van der Waals surface area contributed by atoms with Gasteiger partial charge in [0, 0.05) is 33.2 Å². The maximum Gasteiger partial charge on any atom is 0.316 e. The maximum absolute atomic E-state index is 11.5. The Kier molecular flexibility index (Phi) is 6.81. The van der Waals surface area contributed by atoms with Gasteiger partial charge in [0.1, 0.15) is 0 Å². The first kappa shape index (κ1) is 16.6. The van der Waals surface area contributed by atoms with E-state index in [2.05, 4.69) is 10.6 Å². The van der Waals surface area contributed by atoms with Gasteiger partial charge in [0.2, 0.25) is 0 Å². The molecule has 2 saturated carbocycles. The van der Waals surface area contributed by atoms with E-state index in [1.54, 1.807) is 19.0 Å². The Hall–Kier alpha value is -0.770. The number of amides is 2. The molecule has 2 fully saturated rings. The molecule has 2 amide bonds. The molecule has 0 heterocycles. The van der Waals surface area contributed by atoms with Crippen LogP contribution in [0, 0.1) is 11.8 Å². The molecule has 21 heavy (non-hydrogen) atoms. The fraction of sp³-hybridized carbons (Fsp3) is 0.941. The lowest BCUT2D eigenvalue weighted by Crippen LogP contribution is -2.46.